The highest BCUT2D eigenvalue weighted by atomic mass is 16.5. The van der Waals surface area contributed by atoms with Gasteiger partial charge < -0.3 is 15.2 Å². The highest BCUT2D eigenvalue weighted by molar-refractivity contribution is 5.61. The summed E-state index contributed by atoms with van der Waals surface area (Å²) in [5.41, 5.74) is 2.85. The molecule has 2 aromatic rings. The second-order valence-electron chi connectivity index (χ2n) is 5.05. The van der Waals surface area contributed by atoms with Crippen LogP contribution in [0.15, 0.2) is 16.8 Å². The molecule has 1 fully saturated rings. The first-order valence-electron chi connectivity index (χ1n) is 7.03. The first kappa shape index (κ1) is 13.1. The zero-order valence-electron chi connectivity index (χ0n) is 11.8. The molecule has 0 spiro atoms. The quantitative estimate of drug-likeness (QED) is 0.886. The molecular formula is C14H19N5O. The number of aromatic nitrogens is 3. The van der Waals surface area contributed by atoms with Crippen molar-refractivity contribution in [3.8, 4) is 11.3 Å². The molecule has 1 saturated heterocycles. The Kier molecular flexibility index (Phi) is 3.64. The normalized spacial score (nSPS) is 18.4. The van der Waals surface area contributed by atoms with Gasteiger partial charge in [0.25, 0.3) is 0 Å². The van der Waals surface area contributed by atoms with Gasteiger partial charge in [0, 0.05) is 31.3 Å². The fourth-order valence-electron chi connectivity index (χ4n) is 2.52. The molecule has 1 atom stereocenters. The van der Waals surface area contributed by atoms with Gasteiger partial charge in [-0.15, -0.1) is 0 Å². The summed E-state index contributed by atoms with van der Waals surface area (Å²) in [5.74, 6) is 1.82. The van der Waals surface area contributed by atoms with E-state index in [0.29, 0.717) is 11.9 Å². The fourth-order valence-corrected chi connectivity index (χ4v) is 2.52. The Bertz CT molecular complexity index is 589. The second-order valence-corrected chi connectivity index (χ2v) is 5.05. The van der Waals surface area contributed by atoms with Crippen molar-refractivity contribution in [2.24, 2.45) is 0 Å². The Morgan fingerprint density at radius 3 is 3.05 bits per heavy atom. The number of rotatable bonds is 4. The maximum Gasteiger partial charge on any atom is 0.222 e. The van der Waals surface area contributed by atoms with E-state index in [2.05, 4.69) is 25.8 Å². The van der Waals surface area contributed by atoms with Crippen molar-refractivity contribution in [1.82, 2.24) is 20.4 Å². The van der Waals surface area contributed by atoms with Crippen LogP contribution in [0.25, 0.3) is 11.3 Å². The van der Waals surface area contributed by atoms with Crippen molar-refractivity contribution >= 4 is 5.95 Å². The number of nitrogens with zero attached hydrogens (tertiary/aromatic N) is 3. The van der Waals surface area contributed by atoms with Crippen LogP contribution in [0.2, 0.25) is 0 Å². The van der Waals surface area contributed by atoms with E-state index in [0.717, 1.165) is 48.8 Å². The van der Waals surface area contributed by atoms with Crippen LogP contribution < -0.4 is 10.6 Å². The van der Waals surface area contributed by atoms with E-state index in [4.69, 9.17) is 4.52 Å². The maximum absolute atomic E-state index is 5.38. The molecule has 0 unspecified atom stereocenters. The van der Waals surface area contributed by atoms with Crippen LogP contribution >= 0.6 is 0 Å². The van der Waals surface area contributed by atoms with Gasteiger partial charge in [0.15, 0.2) is 5.76 Å². The molecule has 3 heterocycles. The summed E-state index contributed by atoms with van der Waals surface area (Å²) in [5, 5.41) is 10.5. The molecule has 0 amide bonds. The molecule has 0 aromatic carbocycles. The average molecular weight is 273 g/mol. The van der Waals surface area contributed by atoms with Crippen molar-refractivity contribution in [1.29, 1.82) is 0 Å². The molecule has 2 aromatic heterocycles. The third-order valence-corrected chi connectivity index (χ3v) is 3.49. The van der Waals surface area contributed by atoms with Crippen LogP contribution in [0.4, 0.5) is 5.95 Å². The molecule has 6 heteroatoms. The molecule has 3 rings (SSSR count). The summed E-state index contributed by atoms with van der Waals surface area (Å²) in [6.45, 7) is 6.73. The lowest BCUT2D eigenvalue weighted by molar-refractivity contribution is 0.426. The van der Waals surface area contributed by atoms with E-state index in [-0.39, 0.29) is 0 Å². The zero-order valence-corrected chi connectivity index (χ0v) is 11.8. The standard InChI is InChI=1S/C14H19N5O/c1-3-16-14-17-8-11(12-6-9(2)19-20-12)13(18-14)10-4-5-15-7-10/h6,8,10,15H,3-5,7H2,1-2H3,(H,16,17,18)/t10-/m1/s1. The monoisotopic (exact) mass is 273 g/mol. The van der Waals surface area contributed by atoms with Gasteiger partial charge in [0.2, 0.25) is 5.95 Å². The van der Waals surface area contributed by atoms with E-state index in [1.165, 1.54) is 0 Å². The van der Waals surface area contributed by atoms with E-state index < -0.39 is 0 Å². The lowest BCUT2D eigenvalue weighted by atomic mass is 9.99. The van der Waals surface area contributed by atoms with Crippen LogP contribution in [-0.4, -0.2) is 34.8 Å². The Hall–Kier alpha value is -1.95. The van der Waals surface area contributed by atoms with E-state index in [1.807, 2.05) is 26.1 Å². The Morgan fingerprint density at radius 1 is 1.50 bits per heavy atom. The minimum atomic E-state index is 0.399. The Labute approximate surface area is 118 Å². The van der Waals surface area contributed by atoms with Gasteiger partial charge >= 0.3 is 0 Å². The lowest BCUT2D eigenvalue weighted by Crippen LogP contribution is -2.12. The topological polar surface area (TPSA) is 75.9 Å². The number of hydrogen-bond donors (Lipinski definition) is 2. The summed E-state index contributed by atoms with van der Waals surface area (Å²) in [7, 11) is 0. The largest absolute Gasteiger partial charge is 0.356 e. The molecule has 6 nitrogen and oxygen atoms in total. The van der Waals surface area contributed by atoms with Crippen molar-refractivity contribution in [3.05, 3.63) is 23.7 Å². The van der Waals surface area contributed by atoms with Gasteiger partial charge in [-0.1, -0.05) is 5.16 Å². The van der Waals surface area contributed by atoms with Crippen LogP contribution in [0, 0.1) is 6.92 Å². The van der Waals surface area contributed by atoms with Gasteiger partial charge in [-0.25, -0.2) is 9.97 Å². The third-order valence-electron chi connectivity index (χ3n) is 3.49. The zero-order chi connectivity index (χ0) is 13.9. The minimum absolute atomic E-state index is 0.399. The Balaban J connectivity index is 2.03. The van der Waals surface area contributed by atoms with Gasteiger partial charge in [0.1, 0.15) is 0 Å². The first-order chi connectivity index (χ1) is 9.78. The van der Waals surface area contributed by atoms with Crippen LogP contribution in [-0.2, 0) is 0 Å². The van der Waals surface area contributed by atoms with Crippen LogP contribution in [0.3, 0.4) is 0 Å². The van der Waals surface area contributed by atoms with Crippen molar-refractivity contribution in [2.45, 2.75) is 26.2 Å². The van der Waals surface area contributed by atoms with E-state index in [9.17, 15) is 0 Å². The van der Waals surface area contributed by atoms with Crippen LogP contribution in [0.5, 0.6) is 0 Å². The summed E-state index contributed by atoms with van der Waals surface area (Å²) in [6, 6.07) is 1.93. The van der Waals surface area contributed by atoms with Crippen molar-refractivity contribution < 1.29 is 4.52 Å². The predicted molar refractivity (Wildman–Crippen MR) is 76.7 cm³/mol. The molecule has 0 saturated carbocycles. The SMILES string of the molecule is CCNc1ncc(-c2cc(C)no2)c([C@@H]2CCNC2)n1. The highest BCUT2D eigenvalue weighted by Crippen LogP contribution is 2.31. The van der Waals surface area contributed by atoms with Crippen molar-refractivity contribution in [2.75, 3.05) is 25.0 Å². The third kappa shape index (κ3) is 2.51. The lowest BCUT2D eigenvalue weighted by Gasteiger charge is -2.13. The maximum atomic E-state index is 5.38. The van der Waals surface area contributed by atoms with Gasteiger partial charge in [-0.05, 0) is 26.8 Å². The van der Waals surface area contributed by atoms with Crippen molar-refractivity contribution in [3.63, 3.8) is 0 Å². The molecule has 0 aliphatic carbocycles. The molecule has 106 valence electrons. The number of anilines is 1. The number of hydrogen-bond acceptors (Lipinski definition) is 6. The fraction of sp³-hybridized carbons (Fsp3) is 0.500. The Morgan fingerprint density at radius 2 is 2.40 bits per heavy atom. The molecular weight excluding hydrogens is 254 g/mol. The highest BCUT2D eigenvalue weighted by Gasteiger charge is 2.24. The first-order valence-corrected chi connectivity index (χ1v) is 7.03. The average Bonchev–Trinajstić information content (AvgIpc) is 3.10. The van der Waals surface area contributed by atoms with E-state index >= 15 is 0 Å². The van der Waals surface area contributed by atoms with Gasteiger partial charge in [0.05, 0.1) is 17.0 Å². The van der Waals surface area contributed by atoms with Gasteiger partial charge in [-0.3, -0.25) is 0 Å². The number of aryl methyl sites for hydroxylation is 1. The molecule has 0 radical (unpaired) electrons. The minimum Gasteiger partial charge on any atom is -0.356 e. The van der Waals surface area contributed by atoms with Crippen LogP contribution in [0.1, 0.15) is 30.7 Å². The summed E-state index contributed by atoms with van der Waals surface area (Å²) < 4.78 is 5.38. The summed E-state index contributed by atoms with van der Waals surface area (Å²) in [4.78, 5) is 9.04. The molecule has 20 heavy (non-hydrogen) atoms. The molecule has 1 aliphatic rings. The summed E-state index contributed by atoms with van der Waals surface area (Å²) >= 11 is 0. The smallest absolute Gasteiger partial charge is 0.222 e. The van der Waals surface area contributed by atoms with E-state index in [1.54, 1.807) is 0 Å². The number of nitrogens with one attached hydrogen (secondary N) is 2. The second kappa shape index (κ2) is 5.58. The van der Waals surface area contributed by atoms with Gasteiger partial charge in [-0.2, -0.15) is 0 Å². The summed E-state index contributed by atoms with van der Waals surface area (Å²) in [6.07, 6.45) is 2.92. The predicted octanol–water partition coefficient (Wildman–Crippen LogP) is 1.95. The molecule has 2 N–H and O–H groups in total. The molecule has 0 bridgehead atoms. The molecule has 1 aliphatic heterocycles.